The summed E-state index contributed by atoms with van der Waals surface area (Å²) in [4.78, 5) is 9.71. The summed E-state index contributed by atoms with van der Waals surface area (Å²) >= 11 is 0. The number of urea groups is 1. The van der Waals surface area contributed by atoms with Crippen LogP contribution >= 0.6 is 0 Å². The van der Waals surface area contributed by atoms with E-state index < -0.39 is 6.03 Å². The number of carbonyl (C=O) groups is 1. The summed E-state index contributed by atoms with van der Waals surface area (Å²) in [5.41, 5.74) is 3.48. The summed E-state index contributed by atoms with van der Waals surface area (Å²) in [6.45, 7) is 0. The molecule has 0 bridgehead atoms. The number of nitrogens with two attached hydrogens (primary N) is 2. The molecule has 36 valence electrons. The Morgan fingerprint density at radius 3 is 1.57 bits per heavy atom. The number of amides is 2. The quantitative estimate of drug-likeness (QED) is 0.123. The van der Waals surface area contributed by atoms with Crippen LogP contribution in [0.4, 0.5) is 4.79 Å². The molecule has 0 atom stereocenters. The van der Waals surface area contributed by atoms with Crippen molar-refractivity contribution in [3.63, 3.8) is 0 Å². The number of hydrazine groups is 2. The van der Waals surface area contributed by atoms with Crippen LogP contribution in [0, 0.1) is 0 Å². The van der Waals surface area contributed by atoms with Crippen LogP contribution in [0.1, 0.15) is 0 Å². The van der Waals surface area contributed by atoms with Gasteiger partial charge >= 0.3 is 29.1 Å². The Morgan fingerprint density at radius 1 is 1.29 bits per heavy atom. The molecule has 0 aromatic rings. The molecule has 0 aromatic heterocycles. The fourth-order valence-corrected chi connectivity index (χ4v) is 0.0417. The van der Waals surface area contributed by atoms with E-state index in [4.69, 9.17) is 0 Å². The van der Waals surface area contributed by atoms with Crippen LogP contribution in [-0.2, 0) is 0 Å². The molecule has 0 saturated carbocycles. The van der Waals surface area contributed by atoms with Gasteiger partial charge in [0.1, 0.15) is 0 Å². The van der Waals surface area contributed by atoms with Crippen LogP contribution in [0.2, 0.25) is 0 Å². The van der Waals surface area contributed by atoms with E-state index in [0.29, 0.717) is 0 Å². The van der Waals surface area contributed by atoms with E-state index in [0.717, 1.165) is 0 Å². The van der Waals surface area contributed by atoms with Crippen molar-refractivity contribution >= 4 is 29.1 Å². The second kappa shape index (κ2) is 5.96. The largest absolute Gasteiger partial charge is 2.00 e. The molecule has 0 aliphatic heterocycles. The summed E-state index contributed by atoms with van der Waals surface area (Å²) in [5.74, 6) is 9.08. The third-order valence-electron chi connectivity index (χ3n) is 0.262. The Morgan fingerprint density at radius 2 is 1.57 bits per heavy atom. The van der Waals surface area contributed by atoms with Crippen LogP contribution in [0.3, 0.4) is 0 Å². The maximum absolute atomic E-state index is 9.71. The van der Waals surface area contributed by atoms with Crippen molar-refractivity contribution in [3.8, 4) is 0 Å². The number of carbonyl (C=O) groups excluding carboxylic acids is 1. The van der Waals surface area contributed by atoms with E-state index in [1.54, 1.807) is 10.9 Å². The van der Waals surface area contributed by atoms with Crippen LogP contribution in [0.15, 0.2) is 0 Å². The summed E-state index contributed by atoms with van der Waals surface area (Å²) in [6.07, 6.45) is 0. The number of hydrogen-bond acceptors (Lipinski definition) is 3. The fourth-order valence-electron chi connectivity index (χ4n) is 0.0417. The first kappa shape index (κ1) is 10.0. The van der Waals surface area contributed by atoms with Crippen molar-refractivity contribution in [1.29, 1.82) is 0 Å². The zero-order valence-corrected chi connectivity index (χ0v) is 5.18. The van der Waals surface area contributed by atoms with Gasteiger partial charge in [0.15, 0.2) is 0 Å². The minimum Gasteiger partial charge on any atom is -0.275 e. The molecule has 5 nitrogen and oxygen atoms in total. The van der Waals surface area contributed by atoms with Gasteiger partial charge < -0.3 is 0 Å². The van der Waals surface area contributed by atoms with E-state index in [-0.39, 0.29) is 23.1 Å². The SMILES string of the molecule is NNC(=O)NN.[Mg+2]. The maximum Gasteiger partial charge on any atom is 2.00 e. The predicted molar refractivity (Wildman–Crippen MR) is 25.8 cm³/mol. The van der Waals surface area contributed by atoms with Gasteiger partial charge in [-0.3, -0.25) is 10.9 Å². The number of rotatable bonds is 0. The maximum atomic E-state index is 9.71. The molecular formula is CH6MgN4O+2. The summed E-state index contributed by atoms with van der Waals surface area (Å²) in [7, 11) is 0. The Bertz CT molecular complexity index is 49.7. The van der Waals surface area contributed by atoms with Gasteiger partial charge in [-0.2, -0.15) is 0 Å². The molecule has 0 radical (unpaired) electrons. The van der Waals surface area contributed by atoms with E-state index in [1.807, 2.05) is 0 Å². The first-order valence-electron chi connectivity index (χ1n) is 1.28. The predicted octanol–water partition coefficient (Wildman–Crippen LogP) is -2.35. The van der Waals surface area contributed by atoms with Crippen molar-refractivity contribution in [3.05, 3.63) is 0 Å². The Hall–Kier alpha value is -0.0438. The molecule has 0 aromatic carbocycles. The van der Waals surface area contributed by atoms with Gasteiger partial charge in [0.05, 0.1) is 0 Å². The van der Waals surface area contributed by atoms with Gasteiger partial charge in [-0.05, 0) is 0 Å². The molecule has 0 aliphatic rings. The molecule has 6 N–H and O–H groups in total. The number of hydrogen-bond donors (Lipinski definition) is 4. The van der Waals surface area contributed by atoms with Crippen molar-refractivity contribution in [2.24, 2.45) is 11.7 Å². The normalized spacial score (nSPS) is 6.00. The van der Waals surface area contributed by atoms with Crippen LogP contribution in [0.25, 0.3) is 0 Å². The zero-order valence-electron chi connectivity index (χ0n) is 3.77. The van der Waals surface area contributed by atoms with Crippen molar-refractivity contribution in [2.75, 3.05) is 0 Å². The molecule has 0 rings (SSSR count). The summed E-state index contributed by atoms with van der Waals surface area (Å²) in [5, 5.41) is 0. The Kier molecular flexibility index (Phi) is 8.55. The van der Waals surface area contributed by atoms with Gasteiger partial charge in [0.25, 0.3) is 0 Å². The molecule has 0 aliphatic carbocycles. The molecule has 0 spiro atoms. The molecule has 0 saturated heterocycles. The first-order chi connectivity index (χ1) is 2.81. The molecule has 0 heterocycles. The third kappa shape index (κ3) is 5.96. The van der Waals surface area contributed by atoms with E-state index in [9.17, 15) is 4.79 Å². The Labute approximate surface area is 56.9 Å². The minimum absolute atomic E-state index is 0. The van der Waals surface area contributed by atoms with Gasteiger partial charge in [-0.25, -0.2) is 16.5 Å². The van der Waals surface area contributed by atoms with E-state index in [2.05, 4.69) is 11.7 Å². The van der Waals surface area contributed by atoms with E-state index in [1.165, 1.54) is 0 Å². The second-order valence-electron chi connectivity index (χ2n) is 0.618. The fraction of sp³-hybridized carbons (Fsp3) is 0. The zero-order chi connectivity index (χ0) is 4.99. The molecule has 2 amide bonds. The average Bonchev–Trinajstić information content (AvgIpc) is 1.65. The summed E-state index contributed by atoms with van der Waals surface area (Å²) < 4.78 is 0. The monoisotopic (exact) mass is 114 g/mol. The molecule has 0 unspecified atom stereocenters. The smallest absolute Gasteiger partial charge is 0.275 e. The molecular weight excluding hydrogens is 108 g/mol. The van der Waals surface area contributed by atoms with Gasteiger partial charge in [-0.15, -0.1) is 0 Å². The first-order valence-corrected chi connectivity index (χ1v) is 1.28. The van der Waals surface area contributed by atoms with Gasteiger partial charge in [0, 0.05) is 0 Å². The van der Waals surface area contributed by atoms with Gasteiger partial charge in [-0.1, -0.05) is 0 Å². The molecule has 6 heteroatoms. The third-order valence-corrected chi connectivity index (χ3v) is 0.262. The second-order valence-corrected chi connectivity index (χ2v) is 0.618. The van der Waals surface area contributed by atoms with Crippen LogP contribution in [0.5, 0.6) is 0 Å². The standard InChI is InChI=1S/CH6N4O.Mg/c2-4-1(6)5-3;/h2-3H2,(H2,4,5,6);/q;+2. The molecule has 7 heavy (non-hydrogen) atoms. The van der Waals surface area contributed by atoms with Crippen molar-refractivity contribution in [1.82, 2.24) is 10.9 Å². The van der Waals surface area contributed by atoms with Crippen molar-refractivity contribution < 1.29 is 4.79 Å². The number of nitrogens with one attached hydrogen (secondary N) is 2. The Balaban J connectivity index is 0. The van der Waals surface area contributed by atoms with Crippen LogP contribution < -0.4 is 22.5 Å². The van der Waals surface area contributed by atoms with Gasteiger partial charge in [0.2, 0.25) is 0 Å². The van der Waals surface area contributed by atoms with E-state index >= 15 is 0 Å². The average molecular weight is 114 g/mol. The minimum atomic E-state index is -0.602. The molecule has 0 fully saturated rings. The van der Waals surface area contributed by atoms with Crippen molar-refractivity contribution in [2.45, 2.75) is 0 Å². The summed E-state index contributed by atoms with van der Waals surface area (Å²) in [6, 6.07) is -0.602. The van der Waals surface area contributed by atoms with Crippen LogP contribution in [-0.4, -0.2) is 29.1 Å². The topological polar surface area (TPSA) is 93.2 Å².